The normalized spacial score (nSPS) is 14.6. The molecule has 1 saturated carbocycles. The van der Waals surface area contributed by atoms with Gasteiger partial charge in [0.05, 0.1) is 35.4 Å². The van der Waals surface area contributed by atoms with Crippen molar-refractivity contribution in [2.45, 2.75) is 24.5 Å². The Morgan fingerprint density at radius 2 is 2.07 bits per heavy atom. The maximum atomic E-state index is 12.2. The maximum absolute atomic E-state index is 12.2. The van der Waals surface area contributed by atoms with Crippen molar-refractivity contribution >= 4 is 39.4 Å². The first-order chi connectivity index (χ1) is 13.2. The van der Waals surface area contributed by atoms with Gasteiger partial charge in [0.2, 0.25) is 11.0 Å². The van der Waals surface area contributed by atoms with Gasteiger partial charge in [-0.2, -0.15) is 4.72 Å². The second-order valence-corrected chi connectivity index (χ2v) is 8.46. The smallest absolute Gasteiger partial charge is 0.230 e. The number of hydrogen-bond acceptors (Lipinski definition) is 7. The fourth-order valence-electron chi connectivity index (χ4n) is 2.43. The summed E-state index contributed by atoms with van der Waals surface area (Å²) in [6.07, 6.45) is 7.12. The number of carbonyl (C=O) groups is 1. The molecule has 27 heavy (non-hydrogen) atoms. The molecule has 0 saturated heterocycles. The molecule has 4 rings (SSSR count). The number of benzene rings is 1. The fourth-order valence-corrected chi connectivity index (χ4v) is 4.37. The Morgan fingerprint density at radius 1 is 1.26 bits per heavy atom. The van der Waals surface area contributed by atoms with E-state index < -0.39 is 11.4 Å². The number of rotatable bonds is 7. The van der Waals surface area contributed by atoms with E-state index in [0.717, 1.165) is 24.1 Å². The quantitative estimate of drug-likeness (QED) is 0.592. The summed E-state index contributed by atoms with van der Waals surface area (Å²) in [5.41, 5.74) is 3.07. The van der Waals surface area contributed by atoms with E-state index in [1.54, 1.807) is 18.6 Å². The van der Waals surface area contributed by atoms with Crippen LogP contribution >= 0.6 is 11.3 Å². The van der Waals surface area contributed by atoms with Crippen LogP contribution in [0.25, 0.3) is 11.3 Å². The Morgan fingerprint density at radius 3 is 2.78 bits per heavy atom. The van der Waals surface area contributed by atoms with Gasteiger partial charge in [0.15, 0.2) is 0 Å². The molecule has 2 heterocycles. The van der Waals surface area contributed by atoms with Crippen LogP contribution in [0.5, 0.6) is 0 Å². The molecule has 0 radical (unpaired) electrons. The Bertz CT molecular complexity index is 913. The highest BCUT2D eigenvalue weighted by Crippen LogP contribution is 2.30. The van der Waals surface area contributed by atoms with Crippen LogP contribution in [0.4, 0.5) is 10.8 Å². The lowest BCUT2D eigenvalue weighted by Crippen LogP contribution is -2.17. The SMILES string of the molecule is O=C(Cc1csc(N[S+]([O-])C2CC2)n1)Nc1ccc(-c2cnccn2)cc1. The summed E-state index contributed by atoms with van der Waals surface area (Å²) >= 11 is 0.290. The molecule has 3 aromatic rings. The van der Waals surface area contributed by atoms with E-state index in [-0.39, 0.29) is 17.6 Å². The van der Waals surface area contributed by atoms with Crippen LogP contribution < -0.4 is 10.0 Å². The van der Waals surface area contributed by atoms with Gasteiger partial charge in [0.25, 0.3) is 0 Å². The zero-order chi connectivity index (χ0) is 18.6. The van der Waals surface area contributed by atoms with Crippen LogP contribution in [0.15, 0.2) is 48.2 Å². The van der Waals surface area contributed by atoms with Crippen molar-refractivity contribution in [3.63, 3.8) is 0 Å². The van der Waals surface area contributed by atoms with Crippen molar-refractivity contribution in [3.05, 3.63) is 53.9 Å². The summed E-state index contributed by atoms with van der Waals surface area (Å²) in [5, 5.41) is 5.50. The highest BCUT2D eigenvalue weighted by molar-refractivity contribution is 7.93. The molecule has 138 valence electrons. The summed E-state index contributed by atoms with van der Waals surface area (Å²) in [5.74, 6) is -0.151. The zero-order valence-corrected chi connectivity index (χ0v) is 15.9. The first-order valence-corrected chi connectivity index (χ1v) is 10.5. The molecule has 0 aliphatic heterocycles. The molecule has 1 aromatic carbocycles. The Labute approximate surface area is 163 Å². The van der Waals surface area contributed by atoms with E-state index in [4.69, 9.17) is 0 Å². The van der Waals surface area contributed by atoms with Gasteiger partial charge in [-0.3, -0.25) is 14.8 Å². The number of amides is 1. The van der Waals surface area contributed by atoms with E-state index in [1.165, 1.54) is 11.3 Å². The van der Waals surface area contributed by atoms with Gasteiger partial charge in [-0.15, -0.1) is 11.3 Å². The largest absolute Gasteiger partial charge is 0.593 e. The molecule has 2 N–H and O–H groups in total. The lowest BCUT2D eigenvalue weighted by atomic mass is 10.1. The summed E-state index contributed by atoms with van der Waals surface area (Å²) in [7, 11) is 0. The lowest BCUT2D eigenvalue weighted by Gasteiger charge is -2.07. The van der Waals surface area contributed by atoms with Crippen LogP contribution in [0.3, 0.4) is 0 Å². The van der Waals surface area contributed by atoms with E-state index in [2.05, 4.69) is 25.0 Å². The van der Waals surface area contributed by atoms with Crippen LogP contribution in [-0.2, 0) is 22.6 Å². The van der Waals surface area contributed by atoms with Crippen molar-refractivity contribution in [1.29, 1.82) is 0 Å². The summed E-state index contributed by atoms with van der Waals surface area (Å²) in [4.78, 5) is 24.9. The van der Waals surface area contributed by atoms with Gasteiger partial charge in [0, 0.05) is 41.9 Å². The Hall–Kier alpha value is -2.49. The minimum atomic E-state index is -1.07. The molecule has 0 bridgehead atoms. The predicted octanol–water partition coefficient (Wildman–Crippen LogP) is 3.02. The van der Waals surface area contributed by atoms with Crippen LogP contribution in [0.1, 0.15) is 18.5 Å². The summed E-state index contributed by atoms with van der Waals surface area (Å²) in [6, 6.07) is 7.43. The van der Waals surface area contributed by atoms with Crippen LogP contribution in [-0.4, -0.2) is 30.7 Å². The lowest BCUT2D eigenvalue weighted by molar-refractivity contribution is -0.115. The third-order valence-electron chi connectivity index (χ3n) is 3.94. The third-order valence-corrected chi connectivity index (χ3v) is 6.34. The molecule has 1 aliphatic carbocycles. The van der Waals surface area contributed by atoms with Gasteiger partial charge < -0.3 is 9.87 Å². The van der Waals surface area contributed by atoms with Gasteiger partial charge in [-0.1, -0.05) is 12.1 Å². The van der Waals surface area contributed by atoms with E-state index in [9.17, 15) is 9.35 Å². The average molecular weight is 400 g/mol. The molecule has 1 amide bonds. The Balaban J connectivity index is 1.32. The number of nitrogens with zero attached hydrogens (tertiary/aromatic N) is 3. The fraction of sp³-hybridized carbons (Fsp3) is 0.222. The van der Waals surface area contributed by atoms with Crippen molar-refractivity contribution in [3.8, 4) is 11.3 Å². The maximum Gasteiger partial charge on any atom is 0.230 e. The van der Waals surface area contributed by atoms with Gasteiger partial charge in [-0.25, -0.2) is 4.98 Å². The molecule has 1 fully saturated rings. The van der Waals surface area contributed by atoms with Crippen LogP contribution in [0.2, 0.25) is 0 Å². The first kappa shape index (κ1) is 17.9. The second kappa shape index (κ2) is 8.03. The molecule has 1 aliphatic rings. The predicted molar refractivity (Wildman–Crippen MR) is 107 cm³/mol. The van der Waals surface area contributed by atoms with Crippen LogP contribution in [0, 0.1) is 0 Å². The Kier molecular flexibility index (Phi) is 5.33. The molecule has 1 atom stereocenters. The van der Waals surface area contributed by atoms with Gasteiger partial charge in [-0.05, 0) is 12.1 Å². The third kappa shape index (κ3) is 4.82. The molecule has 7 nitrogen and oxygen atoms in total. The number of anilines is 2. The molecule has 2 aromatic heterocycles. The minimum Gasteiger partial charge on any atom is -0.593 e. The second-order valence-electron chi connectivity index (χ2n) is 6.14. The number of aromatic nitrogens is 3. The van der Waals surface area contributed by atoms with Gasteiger partial charge >= 0.3 is 0 Å². The van der Waals surface area contributed by atoms with E-state index >= 15 is 0 Å². The van der Waals surface area contributed by atoms with Crippen molar-refractivity contribution in [2.24, 2.45) is 0 Å². The molecule has 1 unspecified atom stereocenters. The zero-order valence-electron chi connectivity index (χ0n) is 14.3. The highest BCUT2D eigenvalue weighted by atomic mass is 32.2. The number of carbonyl (C=O) groups excluding carboxylic acids is 1. The topological polar surface area (TPSA) is 103 Å². The van der Waals surface area contributed by atoms with Crippen molar-refractivity contribution in [1.82, 2.24) is 15.0 Å². The standard InChI is InChI=1S/C18H17N5O2S2/c24-17(9-14-11-26-18(22-14)23-27(25)15-5-6-15)21-13-3-1-12(2-4-13)16-10-19-7-8-20-16/h1-4,7-8,10-11,15H,5-6,9H2,(H,21,24)(H,22,23). The molecular formula is C18H17N5O2S2. The summed E-state index contributed by atoms with van der Waals surface area (Å²) < 4.78 is 14.8. The first-order valence-electron chi connectivity index (χ1n) is 8.45. The minimum absolute atomic E-state index is 0.151. The van der Waals surface area contributed by atoms with Gasteiger partial charge in [0.1, 0.15) is 5.25 Å². The molecule has 0 spiro atoms. The van der Waals surface area contributed by atoms with Crippen molar-refractivity contribution < 1.29 is 9.35 Å². The van der Waals surface area contributed by atoms with E-state index in [1.807, 2.05) is 29.6 Å². The monoisotopic (exact) mass is 399 g/mol. The number of nitrogens with one attached hydrogen (secondary N) is 2. The number of hydrogen-bond donors (Lipinski definition) is 2. The molecular weight excluding hydrogens is 382 g/mol. The molecule has 9 heteroatoms. The van der Waals surface area contributed by atoms with Crippen molar-refractivity contribution in [2.75, 3.05) is 10.0 Å². The van der Waals surface area contributed by atoms with E-state index in [0.29, 0.717) is 16.5 Å². The number of thiazole rings is 1. The highest BCUT2D eigenvalue weighted by Gasteiger charge is 2.35. The summed E-state index contributed by atoms with van der Waals surface area (Å²) in [6.45, 7) is 0. The average Bonchev–Trinajstić information content (AvgIpc) is 3.45.